The maximum atomic E-state index is 11.8. The number of carbonyl (C=O) groups excluding carboxylic acids is 1. The molecule has 0 radical (unpaired) electrons. The van der Waals surface area contributed by atoms with Gasteiger partial charge in [-0.15, -0.1) is 5.06 Å². The summed E-state index contributed by atoms with van der Waals surface area (Å²) in [4.78, 5) is 17.2. The average Bonchev–Trinajstić information content (AvgIpc) is 2.90. The molecule has 0 saturated carbocycles. The molecule has 0 spiro atoms. The minimum atomic E-state index is -1.61. The molecule has 24 heavy (non-hydrogen) atoms. The highest BCUT2D eigenvalue weighted by Gasteiger charge is 2.53. The van der Waals surface area contributed by atoms with Gasteiger partial charge < -0.3 is 19.4 Å². The molecule has 6 heteroatoms. The van der Waals surface area contributed by atoms with Gasteiger partial charge in [0.25, 0.3) is 0 Å². The molecule has 1 aliphatic heterocycles. The van der Waals surface area contributed by atoms with E-state index in [0.29, 0.717) is 34.5 Å². The summed E-state index contributed by atoms with van der Waals surface area (Å²) in [6.45, 7) is 0. The average molecular weight is 329 g/mol. The topological polar surface area (TPSA) is 68.2 Å². The van der Waals surface area contributed by atoms with Crippen molar-refractivity contribution < 1.29 is 24.2 Å². The van der Waals surface area contributed by atoms with E-state index in [4.69, 9.17) is 14.3 Å². The Morgan fingerprint density at radius 3 is 2.33 bits per heavy atom. The van der Waals surface area contributed by atoms with Crippen molar-refractivity contribution in [1.29, 1.82) is 0 Å². The summed E-state index contributed by atoms with van der Waals surface area (Å²) >= 11 is 0. The van der Waals surface area contributed by atoms with Crippen molar-refractivity contribution in [3.8, 4) is 11.5 Å². The van der Waals surface area contributed by atoms with Crippen molar-refractivity contribution in [2.45, 2.75) is 11.8 Å². The molecule has 0 amide bonds. The van der Waals surface area contributed by atoms with E-state index >= 15 is 0 Å². The van der Waals surface area contributed by atoms with Crippen LogP contribution in [0.15, 0.2) is 42.5 Å². The zero-order valence-electron chi connectivity index (χ0n) is 13.7. The van der Waals surface area contributed by atoms with E-state index < -0.39 is 11.8 Å². The molecular weight excluding hydrogens is 310 g/mol. The molecule has 1 heterocycles. The van der Waals surface area contributed by atoms with Gasteiger partial charge in [-0.05, 0) is 12.1 Å². The van der Waals surface area contributed by atoms with E-state index in [1.807, 2.05) is 18.2 Å². The standard InChI is InChI=1S/C18H19NO5/c1-22-15-10-9-13-16(17(15)23-2)14(11-20)19(24-3)18(13,21)12-7-5-4-6-8-12/h4-11,14,21H,1-3H3. The Labute approximate surface area is 140 Å². The van der Waals surface area contributed by atoms with Crippen LogP contribution in [0.5, 0.6) is 11.5 Å². The van der Waals surface area contributed by atoms with Crippen LogP contribution in [-0.2, 0) is 15.4 Å². The van der Waals surface area contributed by atoms with Crippen molar-refractivity contribution in [1.82, 2.24) is 5.06 Å². The van der Waals surface area contributed by atoms with Crippen molar-refractivity contribution >= 4 is 6.29 Å². The molecule has 6 nitrogen and oxygen atoms in total. The fourth-order valence-corrected chi connectivity index (χ4v) is 3.31. The maximum Gasteiger partial charge on any atom is 0.194 e. The first-order chi connectivity index (χ1) is 11.6. The Morgan fingerprint density at radius 1 is 1.08 bits per heavy atom. The molecule has 3 rings (SSSR count). The molecule has 0 saturated heterocycles. The predicted octanol–water partition coefficient (Wildman–Crippen LogP) is 2.01. The van der Waals surface area contributed by atoms with Crippen molar-refractivity contribution in [2.75, 3.05) is 21.3 Å². The number of aldehydes is 1. The molecule has 1 N–H and O–H groups in total. The third kappa shape index (κ3) is 2.11. The summed E-state index contributed by atoms with van der Waals surface area (Å²) in [5.74, 6) is 0.887. The zero-order valence-corrected chi connectivity index (χ0v) is 13.7. The van der Waals surface area contributed by atoms with Gasteiger partial charge in [0.15, 0.2) is 17.2 Å². The van der Waals surface area contributed by atoms with E-state index in [9.17, 15) is 9.90 Å². The Morgan fingerprint density at radius 2 is 1.79 bits per heavy atom. The van der Waals surface area contributed by atoms with Crippen LogP contribution < -0.4 is 9.47 Å². The van der Waals surface area contributed by atoms with Crippen LogP contribution in [0.2, 0.25) is 0 Å². The first-order valence-electron chi connectivity index (χ1n) is 7.45. The lowest BCUT2D eigenvalue weighted by atomic mass is 9.93. The zero-order chi connectivity index (χ0) is 17.3. The molecule has 2 aromatic rings. The molecule has 1 aliphatic rings. The number of hydrogen-bond acceptors (Lipinski definition) is 6. The Hall–Kier alpha value is -2.41. The van der Waals surface area contributed by atoms with Crippen molar-refractivity contribution in [3.63, 3.8) is 0 Å². The number of rotatable bonds is 5. The van der Waals surface area contributed by atoms with Gasteiger partial charge in [-0.2, -0.15) is 0 Å². The molecule has 2 unspecified atom stereocenters. The second-order valence-electron chi connectivity index (χ2n) is 5.39. The van der Waals surface area contributed by atoms with E-state index in [0.717, 1.165) is 0 Å². The first kappa shape index (κ1) is 16.4. The Bertz CT molecular complexity index is 749. The Kier molecular flexibility index (Phi) is 4.28. The normalized spacial score (nSPS) is 22.9. The van der Waals surface area contributed by atoms with E-state index in [1.54, 1.807) is 24.3 Å². The monoisotopic (exact) mass is 329 g/mol. The van der Waals surface area contributed by atoms with Crippen LogP contribution in [0, 0.1) is 0 Å². The van der Waals surface area contributed by atoms with E-state index in [1.165, 1.54) is 26.4 Å². The van der Waals surface area contributed by atoms with Crippen molar-refractivity contribution in [2.24, 2.45) is 0 Å². The number of aliphatic hydroxyl groups is 1. The summed E-state index contributed by atoms with van der Waals surface area (Å²) in [6.07, 6.45) is 0.713. The highest BCUT2D eigenvalue weighted by molar-refractivity contribution is 5.71. The van der Waals surface area contributed by atoms with Gasteiger partial charge in [-0.3, -0.25) is 4.84 Å². The summed E-state index contributed by atoms with van der Waals surface area (Å²) in [7, 11) is 4.43. The molecule has 2 aromatic carbocycles. The van der Waals surface area contributed by atoms with Gasteiger partial charge in [-0.1, -0.05) is 30.3 Å². The van der Waals surface area contributed by atoms with Gasteiger partial charge >= 0.3 is 0 Å². The molecule has 0 aliphatic carbocycles. The number of fused-ring (bicyclic) bond motifs is 1. The van der Waals surface area contributed by atoms with Gasteiger partial charge in [0.1, 0.15) is 12.3 Å². The number of carbonyl (C=O) groups is 1. The van der Waals surface area contributed by atoms with Gasteiger partial charge in [0, 0.05) is 16.7 Å². The van der Waals surface area contributed by atoms with Crippen LogP contribution >= 0.6 is 0 Å². The van der Waals surface area contributed by atoms with Crippen LogP contribution in [-0.4, -0.2) is 37.8 Å². The SMILES string of the molecule is COc1ccc2c(c1OC)C(C=O)N(OC)C2(O)c1ccccc1. The molecule has 0 fully saturated rings. The quantitative estimate of drug-likeness (QED) is 0.847. The molecule has 126 valence electrons. The van der Waals surface area contributed by atoms with E-state index in [2.05, 4.69) is 0 Å². The third-order valence-corrected chi connectivity index (χ3v) is 4.33. The first-order valence-corrected chi connectivity index (χ1v) is 7.45. The number of hydroxylamine groups is 2. The van der Waals surface area contributed by atoms with Crippen molar-refractivity contribution in [3.05, 3.63) is 59.2 Å². The Balaban J connectivity index is 2.33. The van der Waals surface area contributed by atoms with Crippen LogP contribution in [0.4, 0.5) is 0 Å². The van der Waals surface area contributed by atoms with Crippen LogP contribution in [0.25, 0.3) is 0 Å². The maximum absolute atomic E-state index is 11.8. The number of ether oxygens (including phenoxy) is 2. The summed E-state index contributed by atoms with van der Waals surface area (Å²) in [5, 5.41) is 12.8. The summed E-state index contributed by atoms with van der Waals surface area (Å²) < 4.78 is 10.8. The minimum absolute atomic E-state index is 0.404. The van der Waals surface area contributed by atoms with Gasteiger partial charge in [0.05, 0.1) is 21.3 Å². The summed E-state index contributed by atoms with van der Waals surface area (Å²) in [6, 6.07) is 11.6. The number of benzene rings is 2. The molecule has 0 aromatic heterocycles. The smallest absolute Gasteiger partial charge is 0.194 e. The minimum Gasteiger partial charge on any atom is -0.493 e. The lowest BCUT2D eigenvalue weighted by Gasteiger charge is -2.34. The highest BCUT2D eigenvalue weighted by atomic mass is 16.7. The second-order valence-corrected chi connectivity index (χ2v) is 5.39. The lowest BCUT2D eigenvalue weighted by Crippen LogP contribution is -2.43. The van der Waals surface area contributed by atoms with Gasteiger partial charge in [0.2, 0.25) is 0 Å². The fraction of sp³-hybridized carbons (Fsp3) is 0.278. The molecule has 0 bridgehead atoms. The second kappa shape index (κ2) is 6.24. The van der Waals surface area contributed by atoms with Crippen LogP contribution in [0.1, 0.15) is 22.7 Å². The molecule has 2 atom stereocenters. The lowest BCUT2D eigenvalue weighted by molar-refractivity contribution is -0.272. The largest absolute Gasteiger partial charge is 0.493 e. The molecular formula is C18H19NO5. The number of methoxy groups -OCH3 is 2. The van der Waals surface area contributed by atoms with Gasteiger partial charge in [-0.25, -0.2) is 0 Å². The van der Waals surface area contributed by atoms with Crippen LogP contribution in [0.3, 0.4) is 0 Å². The number of hydrogen-bond donors (Lipinski definition) is 1. The fourth-order valence-electron chi connectivity index (χ4n) is 3.31. The summed E-state index contributed by atoms with van der Waals surface area (Å²) in [5.41, 5.74) is 0.0197. The highest BCUT2D eigenvalue weighted by Crippen LogP contribution is 2.53. The number of nitrogens with zero attached hydrogens (tertiary/aromatic N) is 1. The predicted molar refractivity (Wildman–Crippen MR) is 86.6 cm³/mol. The van der Waals surface area contributed by atoms with E-state index in [-0.39, 0.29) is 0 Å². The third-order valence-electron chi connectivity index (χ3n) is 4.33.